The number of carbonyl (C=O) groups is 2. The molecule has 3 heterocycles. The van der Waals surface area contributed by atoms with Gasteiger partial charge < -0.3 is 4.90 Å². The summed E-state index contributed by atoms with van der Waals surface area (Å²) >= 11 is 0. The van der Waals surface area contributed by atoms with Gasteiger partial charge in [-0.2, -0.15) is 22.7 Å². The third-order valence-electron chi connectivity index (χ3n) is 8.07. The van der Waals surface area contributed by atoms with E-state index in [1.54, 1.807) is 24.4 Å². The van der Waals surface area contributed by atoms with E-state index >= 15 is 0 Å². The number of pyridine rings is 1. The highest BCUT2D eigenvalue weighted by molar-refractivity contribution is 7.89. The topological polar surface area (TPSA) is 115 Å². The van der Waals surface area contributed by atoms with Crippen molar-refractivity contribution in [2.45, 2.75) is 43.7 Å². The van der Waals surface area contributed by atoms with E-state index in [9.17, 15) is 31.2 Å². The van der Waals surface area contributed by atoms with Gasteiger partial charge in [0.2, 0.25) is 10.0 Å². The number of unbranched alkanes of at least 4 members (excludes halogenated alkanes) is 2. The molecule has 44 heavy (non-hydrogen) atoms. The minimum atomic E-state index is -4.81. The van der Waals surface area contributed by atoms with E-state index in [1.807, 2.05) is 12.1 Å². The average molecular weight is 626 g/mol. The summed E-state index contributed by atoms with van der Waals surface area (Å²) < 4.78 is 68.5. The third-order valence-corrected chi connectivity index (χ3v) is 10.0. The van der Waals surface area contributed by atoms with Gasteiger partial charge in [0.1, 0.15) is 4.90 Å². The molecule has 0 unspecified atom stereocenters. The lowest BCUT2D eigenvalue weighted by Gasteiger charge is -2.34. The normalized spacial score (nSPS) is 17.1. The molecule has 1 saturated heterocycles. The van der Waals surface area contributed by atoms with Gasteiger partial charge in [-0.05, 0) is 63.1 Å². The second kappa shape index (κ2) is 12.5. The van der Waals surface area contributed by atoms with E-state index in [4.69, 9.17) is 5.26 Å². The first kappa shape index (κ1) is 31.3. The highest BCUT2D eigenvalue weighted by atomic mass is 32.2. The molecule has 2 amide bonds. The molecule has 0 N–H and O–H groups in total. The molecule has 0 aliphatic carbocycles. The lowest BCUT2D eigenvalue weighted by atomic mass is 10.0. The van der Waals surface area contributed by atoms with Crippen molar-refractivity contribution < 1.29 is 31.2 Å². The number of piperazine rings is 1. The molecule has 230 valence electrons. The zero-order valence-corrected chi connectivity index (χ0v) is 24.8. The fourth-order valence-electron chi connectivity index (χ4n) is 5.65. The van der Waals surface area contributed by atoms with Crippen LogP contribution in [0.5, 0.6) is 0 Å². The maximum atomic E-state index is 13.4. The number of anilines is 1. The minimum Gasteiger partial charge on any atom is -0.301 e. The predicted molar refractivity (Wildman–Crippen MR) is 157 cm³/mol. The summed E-state index contributed by atoms with van der Waals surface area (Å²) in [6, 6.07) is 13.0. The minimum absolute atomic E-state index is 0.201. The first-order valence-electron chi connectivity index (χ1n) is 14.2. The Bertz CT molecular complexity index is 1790. The fraction of sp³-hybridized carbons (Fsp3) is 0.355. The second-order valence-corrected chi connectivity index (χ2v) is 12.7. The van der Waals surface area contributed by atoms with Crippen LogP contribution in [0.3, 0.4) is 0 Å². The van der Waals surface area contributed by atoms with Crippen molar-refractivity contribution in [3.8, 4) is 6.07 Å². The number of aromatic nitrogens is 1. The molecule has 2 aliphatic heterocycles. The molecule has 0 spiro atoms. The fourth-order valence-corrected chi connectivity index (χ4v) is 7.24. The van der Waals surface area contributed by atoms with Crippen LogP contribution in [-0.2, 0) is 25.8 Å². The van der Waals surface area contributed by atoms with Gasteiger partial charge >= 0.3 is 6.18 Å². The molecule has 0 bridgehead atoms. The van der Waals surface area contributed by atoms with Crippen molar-refractivity contribution in [1.29, 1.82) is 5.26 Å². The average Bonchev–Trinajstić information content (AvgIpc) is 3.22. The summed E-state index contributed by atoms with van der Waals surface area (Å²) in [5.41, 5.74) is -1.08. The van der Waals surface area contributed by atoms with E-state index in [1.165, 1.54) is 23.4 Å². The molecule has 3 aromatic rings. The van der Waals surface area contributed by atoms with Crippen LogP contribution < -0.4 is 4.90 Å². The monoisotopic (exact) mass is 625 g/mol. The van der Waals surface area contributed by atoms with Crippen molar-refractivity contribution in [3.63, 3.8) is 0 Å². The summed E-state index contributed by atoms with van der Waals surface area (Å²) in [6.07, 6.45) is -0.788. The van der Waals surface area contributed by atoms with Crippen molar-refractivity contribution in [2.75, 3.05) is 37.6 Å². The van der Waals surface area contributed by atoms with E-state index in [0.717, 1.165) is 35.7 Å². The van der Waals surface area contributed by atoms with Crippen LogP contribution in [0.4, 0.5) is 18.9 Å². The third kappa shape index (κ3) is 6.10. The van der Waals surface area contributed by atoms with Crippen LogP contribution in [0.1, 0.15) is 43.7 Å². The van der Waals surface area contributed by atoms with Crippen LogP contribution in [-0.4, -0.2) is 67.1 Å². The molecular formula is C31H30F3N5O4S. The van der Waals surface area contributed by atoms with Gasteiger partial charge in [0.05, 0.1) is 28.4 Å². The molecule has 0 atom stereocenters. The first-order valence-corrected chi connectivity index (χ1v) is 15.6. The lowest BCUT2D eigenvalue weighted by Crippen LogP contribution is -2.48. The van der Waals surface area contributed by atoms with Gasteiger partial charge in [-0.1, -0.05) is 24.6 Å². The van der Waals surface area contributed by atoms with Crippen LogP contribution in [0.15, 0.2) is 70.8 Å². The number of amides is 2. The Morgan fingerprint density at radius 3 is 2.39 bits per heavy atom. The number of nitrogens with zero attached hydrogens (tertiary/aromatic N) is 5. The van der Waals surface area contributed by atoms with Gasteiger partial charge in [0, 0.05) is 48.9 Å². The number of hydrogen-bond acceptors (Lipinski definition) is 7. The molecular weight excluding hydrogens is 595 g/mol. The smallest absolute Gasteiger partial charge is 0.301 e. The largest absolute Gasteiger partial charge is 0.417 e. The zero-order chi connectivity index (χ0) is 31.6. The van der Waals surface area contributed by atoms with Gasteiger partial charge in [-0.3, -0.25) is 14.6 Å². The summed E-state index contributed by atoms with van der Waals surface area (Å²) in [4.78, 5) is 33.3. The van der Waals surface area contributed by atoms with Crippen LogP contribution in [0.2, 0.25) is 0 Å². The molecule has 1 aromatic heterocycles. The van der Waals surface area contributed by atoms with Crippen LogP contribution >= 0.6 is 0 Å². The molecule has 9 nitrogen and oxygen atoms in total. The van der Waals surface area contributed by atoms with E-state index in [-0.39, 0.29) is 21.7 Å². The van der Waals surface area contributed by atoms with Crippen LogP contribution in [0, 0.1) is 11.3 Å². The number of alkyl halides is 3. The molecule has 13 heteroatoms. The Morgan fingerprint density at radius 1 is 0.955 bits per heavy atom. The number of nitriles is 1. The van der Waals surface area contributed by atoms with Gasteiger partial charge in [0.25, 0.3) is 11.8 Å². The van der Waals surface area contributed by atoms with Crippen molar-refractivity contribution in [3.05, 3.63) is 77.0 Å². The predicted octanol–water partition coefficient (Wildman–Crippen LogP) is 4.88. The number of benzene rings is 2. The molecule has 0 radical (unpaired) electrons. The SMILES string of the molecule is CC1=C(CCCCCN2CCN(S(=O)(=O)c3cccc4cccnc34)CC2)C(=O)N(c2ccc(C#N)c(C(F)(F)F)c2)C1=O. The van der Waals surface area contributed by atoms with E-state index in [0.29, 0.717) is 50.6 Å². The number of imide groups is 1. The molecule has 2 aromatic carbocycles. The van der Waals surface area contributed by atoms with E-state index in [2.05, 4.69) is 9.88 Å². The maximum Gasteiger partial charge on any atom is 0.417 e. The maximum absolute atomic E-state index is 13.4. The molecule has 2 aliphatic rings. The Morgan fingerprint density at radius 2 is 1.68 bits per heavy atom. The molecule has 5 rings (SSSR count). The van der Waals surface area contributed by atoms with Crippen molar-refractivity contribution in [2.24, 2.45) is 0 Å². The number of halogens is 3. The van der Waals surface area contributed by atoms with Crippen molar-refractivity contribution in [1.82, 2.24) is 14.2 Å². The molecule has 1 fully saturated rings. The number of hydrogen-bond donors (Lipinski definition) is 0. The Hall–Kier alpha value is -4.12. The summed E-state index contributed by atoms with van der Waals surface area (Å²) in [6.45, 7) is 4.10. The Kier molecular flexibility index (Phi) is 8.88. The summed E-state index contributed by atoms with van der Waals surface area (Å²) in [5.74, 6) is -1.32. The lowest BCUT2D eigenvalue weighted by molar-refractivity contribution is -0.138. The van der Waals surface area contributed by atoms with Crippen molar-refractivity contribution >= 4 is 38.4 Å². The van der Waals surface area contributed by atoms with Gasteiger partial charge in [0.15, 0.2) is 0 Å². The summed E-state index contributed by atoms with van der Waals surface area (Å²) in [7, 11) is -3.70. The quantitative estimate of drug-likeness (QED) is 0.246. The van der Waals surface area contributed by atoms with E-state index < -0.39 is 39.1 Å². The second-order valence-electron chi connectivity index (χ2n) is 10.8. The highest BCUT2D eigenvalue weighted by Gasteiger charge is 2.39. The van der Waals surface area contributed by atoms with Gasteiger partial charge in [-0.25, -0.2) is 13.3 Å². The van der Waals surface area contributed by atoms with Crippen LogP contribution in [0.25, 0.3) is 10.9 Å². The number of sulfonamides is 1. The first-order chi connectivity index (χ1) is 20.9. The molecule has 0 saturated carbocycles. The highest BCUT2D eigenvalue weighted by Crippen LogP contribution is 2.37. The zero-order valence-electron chi connectivity index (χ0n) is 24.0. The standard InChI is InChI=1S/C31H30F3N5O4S/c1-21-25(30(41)39(29(21)40)24-12-11-23(20-35)26(19-24)31(32,33)34)9-3-2-4-14-37-15-17-38(18-16-37)44(42,43)27-10-5-7-22-8-6-13-36-28(22)27/h5-8,10-13,19H,2-4,9,14-18H2,1H3. The number of para-hydroxylation sites is 1. The number of fused-ring (bicyclic) bond motifs is 1. The number of carbonyl (C=O) groups excluding carboxylic acids is 2. The summed E-state index contributed by atoms with van der Waals surface area (Å²) in [5, 5.41) is 9.80. The Balaban J connectivity index is 1.11. The Labute approximate surface area is 253 Å². The van der Waals surface area contributed by atoms with Gasteiger partial charge in [-0.15, -0.1) is 0 Å². The number of rotatable bonds is 9.